The number of carbonyl (C=O) groups is 1. The van der Waals surface area contributed by atoms with E-state index in [4.69, 9.17) is 9.84 Å². The summed E-state index contributed by atoms with van der Waals surface area (Å²) in [5.74, 6) is -0.102. The Kier molecular flexibility index (Phi) is 4.18. The van der Waals surface area contributed by atoms with E-state index in [9.17, 15) is 14.9 Å². The van der Waals surface area contributed by atoms with Crippen LogP contribution in [0.5, 0.6) is 11.5 Å². The average molecular weight is 287 g/mol. The van der Waals surface area contributed by atoms with Gasteiger partial charge in [0.2, 0.25) is 0 Å². The molecule has 6 heteroatoms. The highest BCUT2D eigenvalue weighted by Crippen LogP contribution is 2.29. The molecule has 108 valence electrons. The maximum absolute atomic E-state index is 10.8. The van der Waals surface area contributed by atoms with Crippen LogP contribution < -0.4 is 4.74 Å². The van der Waals surface area contributed by atoms with Crippen LogP contribution in [0, 0.1) is 17.0 Å². The molecule has 0 saturated carbocycles. The lowest BCUT2D eigenvalue weighted by atomic mass is 10.1. The van der Waals surface area contributed by atoms with Gasteiger partial charge in [0.05, 0.1) is 11.3 Å². The van der Waals surface area contributed by atoms with Crippen LogP contribution in [0.4, 0.5) is 5.69 Å². The van der Waals surface area contributed by atoms with Crippen molar-refractivity contribution in [3.8, 4) is 11.5 Å². The van der Waals surface area contributed by atoms with Crippen molar-refractivity contribution in [1.29, 1.82) is 0 Å². The Morgan fingerprint density at radius 2 is 2.00 bits per heavy atom. The molecule has 0 bridgehead atoms. The van der Waals surface area contributed by atoms with E-state index in [0.717, 1.165) is 0 Å². The lowest BCUT2D eigenvalue weighted by molar-refractivity contribution is -0.385. The van der Waals surface area contributed by atoms with Crippen molar-refractivity contribution in [2.75, 3.05) is 0 Å². The van der Waals surface area contributed by atoms with Crippen LogP contribution in [0.1, 0.15) is 11.1 Å². The molecule has 0 radical (unpaired) electrons. The molecule has 0 spiro atoms. The molecule has 0 aliphatic heterocycles. The first kappa shape index (κ1) is 14.5. The lowest BCUT2D eigenvalue weighted by Gasteiger charge is -2.10. The van der Waals surface area contributed by atoms with E-state index < -0.39 is 10.9 Å². The number of carboxylic acid groups (broad SMARTS) is 1. The van der Waals surface area contributed by atoms with Gasteiger partial charge in [0.1, 0.15) is 11.5 Å². The van der Waals surface area contributed by atoms with Gasteiger partial charge in [-0.3, -0.25) is 14.9 Å². The first-order chi connectivity index (χ1) is 9.97. The average Bonchev–Trinajstić information content (AvgIpc) is 2.40. The van der Waals surface area contributed by atoms with E-state index in [1.807, 2.05) is 0 Å². The molecular formula is C15H13NO5. The van der Waals surface area contributed by atoms with E-state index >= 15 is 0 Å². The first-order valence-corrected chi connectivity index (χ1v) is 6.20. The van der Waals surface area contributed by atoms with Gasteiger partial charge < -0.3 is 9.84 Å². The molecule has 21 heavy (non-hydrogen) atoms. The predicted octanol–water partition coefficient (Wildman–Crippen LogP) is 3.32. The molecule has 0 heterocycles. The van der Waals surface area contributed by atoms with E-state index in [-0.39, 0.29) is 12.1 Å². The Balaban J connectivity index is 2.28. The summed E-state index contributed by atoms with van der Waals surface area (Å²) in [7, 11) is 0. The van der Waals surface area contributed by atoms with Gasteiger partial charge in [-0.25, -0.2) is 0 Å². The van der Waals surface area contributed by atoms with E-state index in [1.165, 1.54) is 12.1 Å². The number of aliphatic carboxylic acids is 1. The number of hydrogen-bond donors (Lipinski definition) is 1. The minimum atomic E-state index is -0.953. The molecule has 0 amide bonds. The summed E-state index contributed by atoms with van der Waals surface area (Å²) in [5.41, 5.74) is 1.04. The van der Waals surface area contributed by atoms with E-state index in [1.54, 1.807) is 37.3 Å². The van der Waals surface area contributed by atoms with Gasteiger partial charge >= 0.3 is 5.97 Å². The summed E-state index contributed by atoms with van der Waals surface area (Å²) in [5, 5.41) is 19.6. The molecule has 0 saturated heterocycles. The monoisotopic (exact) mass is 287 g/mol. The minimum absolute atomic E-state index is 0.0150. The Bertz CT molecular complexity index is 696. The van der Waals surface area contributed by atoms with Gasteiger partial charge in [-0.2, -0.15) is 0 Å². The van der Waals surface area contributed by atoms with Gasteiger partial charge in [-0.05, 0) is 25.1 Å². The SMILES string of the molecule is Cc1cc(Oc2ccccc2CC(=O)O)ccc1[N+](=O)[O-]. The van der Waals surface area contributed by atoms with Gasteiger partial charge in [0.15, 0.2) is 0 Å². The largest absolute Gasteiger partial charge is 0.481 e. The predicted molar refractivity (Wildman–Crippen MR) is 75.7 cm³/mol. The van der Waals surface area contributed by atoms with Crippen LogP contribution in [0.2, 0.25) is 0 Å². The number of rotatable bonds is 5. The molecule has 0 aliphatic carbocycles. The van der Waals surface area contributed by atoms with Crippen molar-refractivity contribution in [3.63, 3.8) is 0 Å². The summed E-state index contributed by atoms with van der Waals surface area (Å²) in [6.45, 7) is 1.62. The van der Waals surface area contributed by atoms with Crippen LogP contribution in [-0.4, -0.2) is 16.0 Å². The van der Waals surface area contributed by atoms with Crippen molar-refractivity contribution in [3.05, 3.63) is 63.7 Å². The highest BCUT2D eigenvalue weighted by molar-refractivity contribution is 5.71. The molecule has 1 N–H and O–H groups in total. The van der Waals surface area contributed by atoms with Crippen molar-refractivity contribution < 1.29 is 19.6 Å². The number of nitro groups is 1. The van der Waals surface area contributed by atoms with Gasteiger partial charge in [0, 0.05) is 17.2 Å². The quantitative estimate of drug-likeness (QED) is 0.673. The number of benzene rings is 2. The third kappa shape index (κ3) is 3.56. The molecule has 0 atom stereocenters. The normalized spacial score (nSPS) is 10.1. The zero-order valence-electron chi connectivity index (χ0n) is 11.3. The van der Waals surface area contributed by atoms with Crippen molar-refractivity contribution in [2.24, 2.45) is 0 Å². The second-order valence-corrected chi connectivity index (χ2v) is 4.49. The molecule has 0 aromatic heterocycles. The van der Waals surface area contributed by atoms with Crippen LogP contribution in [-0.2, 0) is 11.2 Å². The number of aryl methyl sites for hydroxylation is 1. The summed E-state index contributed by atoms with van der Waals surface area (Å²) in [6.07, 6.45) is -0.151. The summed E-state index contributed by atoms with van der Waals surface area (Å²) >= 11 is 0. The third-order valence-corrected chi connectivity index (χ3v) is 2.91. The van der Waals surface area contributed by atoms with Gasteiger partial charge in [-0.15, -0.1) is 0 Å². The number of ether oxygens (including phenoxy) is 1. The highest BCUT2D eigenvalue weighted by atomic mass is 16.6. The standard InChI is InChI=1S/C15H13NO5/c1-10-8-12(6-7-13(10)16(19)20)21-14-5-3-2-4-11(14)9-15(17)18/h2-8H,9H2,1H3,(H,17,18). The molecular weight excluding hydrogens is 274 g/mol. The lowest BCUT2D eigenvalue weighted by Crippen LogP contribution is -2.02. The van der Waals surface area contributed by atoms with Crippen LogP contribution >= 0.6 is 0 Å². The fourth-order valence-electron chi connectivity index (χ4n) is 1.94. The fraction of sp³-hybridized carbons (Fsp3) is 0.133. The van der Waals surface area contributed by atoms with Gasteiger partial charge in [-0.1, -0.05) is 18.2 Å². The summed E-state index contributed by atoms with van der Waals surface area (Å²) in [6, 6.07) is 11.2. The Labute approximate surface area is 120 Å². The van der Waals surface area contributed by atoms with E-state index in [2.05, 4.69) is 0 Å². The molecule has 6 nitrogen and oxygen atoms in total. The Morgan fingerprint density at radius 3 is 2.62 bits per heavy atom. The van der Waals surface area contributed by atoms with Crippen LogP contribution in [0.3, 0.4) is 0 Å². The number of nitrogens with zero attached hydrogens (tertiary/aromatic N) is 1. The topological polar surface area (TPSA) is 89.7 Å². The minimum Gasteiger partial charge on any atom is -0.481 e. The maximum Gasteiger partial charge on any atom is 0.307 e. The van der Waals surface area contributed by atoms with Crippen molar-refractivity contribution in [2.45, 2.75) is 13.3 Å². The first-order valence-electron chi connectivity index (χ1n) is 6.20. The molecule has 2 aromatic rings. The number of nitro benzene ring substituents is 1. The Morgan fingerprint density at radius 1 is 1.29 bits per heavy atom. The zero-order valence-corrected chi connectivity index (χ0v) is 11.3. The second-order valence-electron chi connectivity index (χ2n) is 4.49. The smallest absolute Gasteiger partial charge is 0.307 e. The molecule has 0 fully saturated rings. The van der Waals surface area contributed by atoms with Crippen molar-refractivity contribution in [1.82, 2.24) is 0 Å². The van der Waals surface area contributed by atoms with Gasteiger partial charge in [0.25, 0.3) is 5.69 Å². The third-order valence-electron chi connectivity index (χ3n) is 2.91. The Hall–Kier alpha value is -2.89. The summed E-state index contributed by atoms with van der Waals surface area (Å²) in [4.78, 5) is 21.1. The van der Waals surface area contributed by atoms with Crippen LogP contribution in [0.25, 0.3) is 0 Å². The summed E-state index contributed by atoms with van der Waals surface area (Å²) < 4.78 is 5.64. The molecule has 2 aromatic carbocycles. The fourth-order valence-corrected chi connectivity index (χ4v) is 1.94. The number of carboxylic acids is 1. The maximum atomic E-state index is 10.8. The molecule has 2 rings (SSSR count). The highest BCUT2D eigenvalue weighted by Gasteiger charge is 2.12. The molecule has 0 unspecified atom stereocenters. The second kappa shape index (κ2) is 6.04. The van der Waals surface area contributed by atoms with Crippen molar-refractivity contribution >= 4 is 11.7 Å². The zero-order chi connectivity index (χ0) is 15.4. The molecule has 0 aliphatic rings. The number of hydrogen-bond acceptors (Lipinski definition) is 4. The van der Waals surface area contributed by atoms with Crippen LogP contribution in [0.15, 0.2) is 42.5 Å². The number of para-hydroxylation sites is 1. The van der Waals surface area contributed by atoms with E-state index in [0.29, 0.717) is 22.6 Å².